The van der Waals surface area contributed by atoms with E-state index in [1.165, 1.54) is 47.0 Å². The molecule has 0 fully saturated rings. The van der Waals surface area contributed by atoms with E-state index in [-0.39, 0.29) is 58.4 Å². The van der Waals surface area contributed by atoms with Crippen molar-refractivity contribution in [1.82, 2.24) is 14.2 Å². The minimum atomic E-state index is -3.90. The van der Waals surface area contributed by atoms with Gasteiger partial charge >= 0.3 is 0 Å². The molecule has 3 atom stereocenters. The van der Waals surface area contributed by atoms with Crippen LogP contribution in [-0.2, 0) is 10.0 Å². The van der Waals surface area contributed by atoms with Crippen LogP contribution in [0.25, 0.3) is 10.2 Å². The van der Waals surface area contributed by atoms with Crippen molar-refractivity contribution in [3.63, 3.8) is 0 Å². The van der Waals surface area contributed by atoms with Gasteiger partial charge in [-0.15, -0.1) is 11.3 Å². The summed E-state index contributed by atoms with van der Waals surface area (Å²) in [6.07, 6.45) is -0.729. The van der Waals surface area contributed by atoms with Gasteiger partial charge in [0, 0.05) is 24.5 Å². The van der Waals surface area contributed by atoms with E-state index in [0.29, 0.717) is 10.5 Å². The first-order valence-electron chi connectivity index (χ1n) is 13.6. The lowest BCUT2D eigenvalue weighted by Gasteiger charge is -2.38. The molecule has 4 aromatic rings. The number of likely N-dealkylation sites (N-methyl/N-ethyl adjacent to an activating group) is 1. The molecule has 2 N–H and O–H groups in total. The summed E-state index contributed by atoms with van der Waals surface area (Å²) in [5.74, 6) is -1.09. The number of nitrogens with zero attached hydrogens (tertiary/aromatic N) is 3. The number of carbonyl (C=O) groups is 2. The number of aromatic nitrogens is 1. The first kappa shape index (κ1) is 30.9. The number of ether oxygens (including phenoxy) is 1. The third-order valence-corrected chi connectivity index (χ3v) is 10.5. The lowest BCUT2D eigenvalue weighted by Crippen LogP contribution is -2.50. The van der Waals surface area contributed by atoms with Gasteiger partial charge in [-0.05, 0) is 55.5 Å². The number of carbonyl (C=O) groups excluding carboxylic acids is 2. The van der Waals surface area contributed by atoms with E-state index in [2.05, 4.69) is 10.3 Å². The minimum Gasteiger partial charge on any atom is -0.486 e. The first-order valence-corrected chi connectivity index (χ1v) is 16.2. The number of aliphatic hydroxyl groups excluding tert-OH is 1. The van der Waals surface area contributed by atoms with Gasteiger partial charge in [-0.2, -0.15) is 4.31 Å². The smallest absolute Gasteiger partial charge is 0.284 e. The molecule has 5 rings (SSSR count). The average molecular weight is 643 g/mol. The molecule has 0 radical (unpaired) electrons. The molecule has 0 spiro atoms. The number of rotatable bonds is 8. The zero-order chi connectivity index (χ0) is 30.9. The van der Waals surface area contributed by atoms with E-state index < -0.39 is 28.1 Å². The van der Waals surface area contributed by atoms with Gasteiger partial charge in [0.2, 0.25) is 10.0 Å². The number of hydrogen-bond donors (Lipinski definition) is 2. The monoisotopic (exact) mass is 642 g/mol. The lowest BCUT2D eigenvalue weighted by molar-refractivity contribution is 0.0388. The molecule has 3 aromatic carbocycles. The summed E-state index contributed by atoms with van der Waals surface area (Å²) in [7, 11) is -2.44. The number of aliphatic hydroxyl groups is 1. The van der Waals surface area contributed by atoms with Crippen molar-refractivity contribution in [2.24, 2.45) is 5.92 Å². The molecule has 0 aliphatic carbocycles. The largest absolute Gasteiger partial charge is 0.486 e. The number of hydrogen-bond acceptors (Lipinski definition) is 8. The third kappa shape index (κ3) is 6.38. The number of thiazole rings is 1. The standard InChI is InChI=1S/C30H31ClN4O6S2/c1-18-15-35(19(2)17-36)30(38)22-7-6-9-24(32-28(37)29-33-23-8-4-5-10-26(23)42-29)27(22)41-25(18)16-34(3)43(39,40)21-13-11-20(31)12-14-21/h4-14,18-19,25,36H,15-17H2,1-3H3,(H,32,37)/t18-,19-,25+/m1/s1. The fourth-order valence-corrected chi connectivity index (χ4v) is 7.01. The average Bonchev–Trinajstić information content (AvgIpc) is 3.44. The molecule has 226 valence electrons. The fourth-order valence-electron chi connectivity index (χ4n) is 4.84. The van der Waals surface area contributed by atoms with Gasteiger partial charge in [0.1, 0.15) is 6.10 Å². The van der Waals surface area contributed by atoms with Crippen molar-refractivity contribution in [1.29, 1.82) is 0 Å². The number of para-hydroxylation sites is 2. The summed E-state index contributed by atoms with van der Waals surface area (Å²) in [5.41, 5.74) is 1.12. The van der Waals surface area contributed by atoms with E-state index in [0.717, 1.165) is 4.70 Å². The van der Waals surface area contributed by atoms with Crippen LogP contribution < -0.4 is 10.1 Å². The van der Waals surface area contributed by atoms with Crippen molar-refractivity contribution in [3.05, 3.63) is 82.3 Å². The molecule has 1 aromatic heterocycles. The molecule has 0 unspecified atom stereocenters. The van der Waals surface area contributed by atoms with E-state index >= 15 is 0 Å². The normalized spacial score (nSPS) is 18.1. The Morgan fingerprint density at radius 1 is 1.19 bits per heavy atom. The highest BCUT2D eigenvalue weighted by Crippen LogP contribution is 2.36. The van der Waals surface area contributed by atoms with Crippen LogP contribution in [0.2, 0.25) is 5.02 Å². The molecule has 2 amide bonds. The zero-order valence-corrected chi connectivity index (χ0v) is 26.1. The van der Waals surface area contributed by atoms with Crippen LogP contribution in [0.1, 0.15) is 34.0 Å². The maximum atomic E-state index is 13.8. The third-order valence-electron chi connectivity index (χ3n) is 7.39. The second-order valence-electron chi connectivity index (χ2n) is 10.5. The predicted octanol–water partition coefficient (Wildman–Crippen LogP) is 4.74. The number of amides is 2. The van der Waals surface area contributed by atoms with Crippen molar-refractivity contribution >= 4 is 60.7 Å². The SMILES string of the molecule is C[C@@H]1CN([C@H](C)CO)C(=O)c2cccc(NC(=O)c3nc4ccccc4s3)c2O[C@H]1CN(C)S(=O)(=O)c1ccc(Cl)cc1. The van der Waals surface area contributed by atoms with Crippen LogP contribution in [0.3, 0.4) is 0 Å². The van der Waals surface area contributed by atoms with Gasteiger partial charge in [0.15, 0.2) is 10.8 Å². The topological polar surface area (TPSA) is 129 Å². The Balaban J connectivity index is 1.51. The van der Waals surface area contributed by atoms with Crippen molar-refractivity contribution in [2.75, 3.05) is 32.1 Å². The molecule has 0 bridgehead atoms. The first-order chi connectivity index (χ1) is 20.5. The summed E-state index contributed by atoms with van der Waals surface area (Å²) in [4.78, 5) is 33.1. The fraction of sp³-hybridized carbons (Fsp3) is 0.300. The zero-order valence-electron chi connectivity index (χ0n) is 23.7. The Bertz CT molecular complexity index is 1730. The highest BCUT2D eigenvalue weighted by atomic mass is 35.5. The Morgan fingerprint density at radius 3 is 2.60 bits per heavy atom. The number of fused-ring (bicyclic) bond motifs is 2. The summed E-state index contributed by atoms with van der Waals surface area (Å²) in [6.45, 7) is 3.48. The van der Waals surface area contributed by atoms with E-state index in [9.17, 15) is 23.1 Å². The van der Waals surface area contributed by atoms with Crippen LogP contribution in [0.5, 0.6) is 5.75 Å². The summed E-state index contributed by atoms with van der Waals surface area (Å²) in [5, 5.41) is 13.4. The van der Waals surface area contributed by atoms with E-state index in [1.54, 1.807) is 30.0 Å². The molecule has 1 aliphatic heterocycles. The van der Waals surface area contributed by atoms with E-state index in [1.807, 2.05) is 31.2 Å². The molecular formula is C30H31ClN4O6S2. The minimum absolute atomic E-state index is 0.0543. The Kier molecular flexibility index (Phi) is 9.04. The molecular weight excluding hydrogens is 612 g/mol. The van der Waals surface area contributed by atoms with Crippen LogP contribution >= 0.6 is 22.9 Å². The molecule has 0 saturated carbocycles. The highest BCUT2D eigenvalue weighted by Gasteiger charge is 2.36. The maximum Gasteiger partial charge on any atom is 0.284 e. The van der Waals surface area contributed by atoms with Gasteiger partial charge in [-0.25, -0.2) is 13.4 Å². The number of sulfonamides is 1. The number of halogens is 1. The molecule has 10 nitrogen and oxygen atoms in total. The Labute approximate surface area is 258 Å². The number of benzene rings is 3. The molecule has 13 heteroatoms. The van der Waals surface area contributed by atoms with Crippen molar-refractivity contribution in [3.8, 4) is 5.75 Å². The quantitative estimate of drug-likeness (QED) is 0.284. The van der Waals surface area contributed by atoms with E-state index in [4.69, 9.17) is 16.3 Å². The maximum absolute atomic E-state index is 13.8. The van der Waals surface area contributed by atoms with Crippen molar-refractivity contribution < 1.29 is 27.9 Å². The van der Waals surface area contributed by atoms with Crippen molar-refractivity contribution in [2.45, 2.75) is 30.9 Å². The second-order valence-corrected chi connectivity index (χ2v) is 14.0. The molecule has 1 aliphatic rings. The molecule has 43 heavy (non-hydrogen) atoms. The van der Waals surface area contributed by atoms with Crippen LogP contribution in [-0.4, -0.2) is 78.4 Å². The van der Waals surface area contributed by atoms with Gasteiger partial charge < -0.3 is 20.1 Å². The molecule has 2 heterocycles. The van der Waals surface area contributed by atoms with Crippen LogP contribution in [0.4, 0.5) is 5.69 Å². The summed E-state index contributed by atoms with van der Waals surface area (Å²) < 4.78 is 35.3. The summed E-state index contributed by atoms with van der Waals surface area (Å²) in [6, 6.07) is 17.6. The predicted molar refractivity (Wildman–Crippen MR) is 166 cm³/mol. The Morgan fingerprint density at radius 2 is 1.91 bits per heavy atom. The van der Waals surface area contributed by atoms with Gasteiger partial charge in [-0.1, -0.05) is 36.7 Å². The number of nitrogens with one attached hydrogen (secondary N) is 1. The highest BCUT2D eigenvalue weighted by molar-refractivity contribution is 7.89. The lowest BCUT2D eigenvalue weighted by atomic mass is 9.99. The van der Waals surface area contributed by atoms with Gasteiger partial charge in [-0.3, -0.25) is 9.59 Å². The van der Waals surface area contributed by atoms with Crippen LogP contribution in [0, 0.1) is 5.92 Å². The Hall–Kier alpha value is -3.55. The van der Waals surface area contributed by atoms with Gasteiger partial charge in [0.05, 0.1) is 45.6 Å². The molecule has 0 saturated heterocycles. The van der Waals surface area contributed by atoms with Gasteiger partial charge in [0.25, 0.3) is 11.8 Å². The summed E-state index contributed by atoms with van der Waals surface area (Å²) >= 11 is 7.20. The van der Waals surface area contributed by atoms with Crippen LogP contribution in [0.15, 0.2) is 71.6 Å². The second kappa shape index (κ2) is 12.6. The number of anilines is 1.